The van der Waals surface area contributed by atoms with Gasteiger partial charge >= 0.3 is 0 Å². The summed E-state index contributed by atoms with van der Waals surface area (Å²) < 4.78 is 0. The van der Waals surface area contributed by atoms with E-state index in [-0.39, 0.29) is 11.3 Å². The zero-order chi connectivity index (χ0) is 14.9. The minimum absolute atomic E-state index is 0.0599. The van der Waals surface area contributed by atoms with Crippen LogP contribution in [-0.2, 0) is 4.79 Å². The zero-order valence-corrected chi connectivity index (χ0v) is 13.5. The Morgan fingerprint density at radius 2 is 1.84 bits per heavy atom. The third kappa shape index (κ3) is 8.22. The Bertz CT molecular complexity index is 250. The molecule has 0 rings (SSSR count). The summed E-state index contributed by atoms with van der Waals surface area (Å²) in [6.07, 6.45) is 3.04. The van der Waals surface area contributed by atoms with Gasteiger partial charge in [0.15, 0.2) is 0 Å². The molecule has 1 amide bonds. The first-order valence-corrected chi connectivity index (χ1v) is 7.60. The number of hydrogen-bond acceptors (Lipinski definition) is 3. The summed E-state index contributed by atoms with van der Waals surface area (Å²) in [6.45, 7) is 13.6. The molecule has 0 aromatic carbocycles. The Labute approximate surface area is 119 Å². The van der Waals surface area contributed by atoms with Crippen molar-refractivity contribution in [1.82, 2.24) is 10.2 Å². The number of amides is 1. The fraction of sp³-hybridized carbons (Fsp3) is 0.933. The van der Waals surface area contributed by atoms with Crippen LogP contribution in [0.15, 0.2) is 0 Å². The fourth-order valence-electron chi connectivity index (χ4n) is 2.17. The maximum Gasteiger partial charge on any atom is 0.234 e. The molecule has 4 nitrogen and oxygen atoms in total. The van der Waals surface area contributed by atoms with E-state index >= 15 is 0 Å². The third-order valence-corrected chi connectivity index (χ3v) is 3.46. The van der Waals surface area contributed by atoms with E-state index in [1.165, 1.54) is 0 Å². The molecule has 0 spiro atoms. The van der Waals surface area contributed by atoms with Gasteiger partial charge in [0, 0.05) is 12.6 Å². The van der Waals surface area contributed by atoms with Gasteiger partial charge in [0.05, 0.1) is 6.54 Å². The molecule has 0 heterocycles. The predicted octanol–water partition coefficient (Wildman–Crippen LogP) is 1.99. The van der Waals surface area contributed by atoms with Gasteiger partial charge < -0.3 is 11.1 Å². The maximum absolute atomic E-state index is 12.0. The average molecular weight is 271 g/mol. The zero-order valence-electron chi connectivity index (χ0n) is 13.5. The second-order valence-corrected chi connectivity index (χ2v) is 6.16. The van der Waals surface area contributed by atoms with Crippen LogP contribution in [0.25, 0.3) is 0 Å². The van der Waals surface area contributed by atoms with E-state index in [1.54, 1.807) is 0 Å². The number of nitrogens with zero attached hydrogens (tertiary/aromatic N) is 1. The van der Waals surface area contributed by atoms with Crippen molar-refractivity contribution >= 4 is 5.91 Å². The first kappa shape index (κ1) is 18.4. The van der Waals surface area contributed by atoms with Gasteiger partial charge in [-0.15, -0.1) is 0 Å². The smallest absolute Gasteiger partial charge is 0.234 e. The Morgan fingerprint density at radius 1 is 1.26 bits per heavy atom. The molecule has 0 saturated heterocycles. The van der Waals surface area contributed by atoms with Gasteiger partial charge in [0.25, 0.3) is 0 Å². The van der Waals surface area contributed by atoms with E-state index in [0.29, 0.717) is 19.1 Å². The van der Waals surface area contributed by atoms with Crippen LogP contribution in [-0.4, -0.2) is 43.0 Å². The molecule has 0 atom stereocenters. The molecule has 114 valence electrons. The molecular formula is C15H33N3O. The molecule has 0 bridgehead atoms. The monoisotopic (exact) mass is 271 g/mol. The Hall–Kier alpha value is -0.610. The topological polar surface area (TPSA) is 58.4 Å². The lowest BCUT2D eigenvalue weighted by Gasteiger charge is -2.31. The minimum Gasteiger partial charge on any atom is -0.352 e. The SMILES string of the molecule is CCCN(CC(=O)NC(CC)CC)CC(C)(C)CN. The van der Waals surface area contributed by atoms with Gasteiger partial charge in [-0.1, -0.05) is 34.6 Å². The fourth-order valence-corrected chi connectivity index (χ4v) is 2.17. The van der Waals surface area contributed by atoms with Crippen LogP contribution >= 0.6 is 0 Å². The van der Waals surface area contributed by atoms with Crippen LogP contribution in [0.5, 0.6) is 0 Å². The van der Waals surface area contributed by atoms with Crippen LogP contribution in [0.1, 0.15) is 53.9 Å². The Balaban J connectivity index is 4.37. The molecule has 0 fully saturated rings. The minimum atomic E-state index is 0.0599. The molecule has 0 saturated carbocycles. The summed E-state index contributed by atoms with van der Waals surface area (Å²) in [7, 11) is 0. The lowest BCUT2D eigenvalue weighted by atomic mass is 9.93. The largest absolute Gasteiger partial charge is 0.352 e. The van der Waals surface area contributed by atoms with E-state index in [1.807, 2.05) is 0 Å². The highest BCUT2D eigenvalue weighted by Gasteiger charge is 2.21. The highest BCUT2D eigenvalue weighted by atomic mass is 16.2. The van der Waals surface area contributed by atoms with Crippen molar-refractivity contribution in [1.29, 1.82) is 0 Å². The number of nitrogens with one attached hydrogen (secondary N) is 1. The number of nitrogens with two attached hydrogens (primary N) is 1. The summed E-state index contributed by atoms with van der Waals surface area (Å²) >= 11 is 0. The predicted molar refractivity (Wildman–Crippen MR) is 82.1 cm³/mol. The molecule has 0 aliphatic carbocycles. The first-order valence-electron chi connectivity index (χ1n) is 7.60. The normalized spacial score (nSPS) is 12.2. The third-order valence-electron chi connectivity index (χ3n) is 3.46. The second-order valence-electron chi connectivity index (χ2n) is 6.16. The van der Waals surface area contributed by atoms with Gasteiger partial charge in [-0.05, 0) is 37.8 Å². The molecule has 0 aliphatic heterocycles. The molecule has 0 aromatic heterocycles. The van der Waals surface area contributed by atoms with E-state index in [4.69, 9.17) is 5.73 Å². The van der Waals surface area contributed by atoms with Crippen LogP contribution in [0.2, 0.25) is 0 Å². The molecule has 3 N–H and O–H groups in total. The second kappa shape index (κ2) is 9.32. The lowest BCUT2D eigenvalue weighted by molar-refractivity contribution is -0.123. The molecule has 0 aliphatic rings. The van der Waals surface area contributed by atoms with Gasteiger partial charge in [-0.3, -0.25) is 9.69 Å². The molecular weight excluding hydrogens is 238 g/mol. The molecule has 19 heavy (non-hydrogen) atoms. The average Bonchev–Trinajstić information content (AvgIpc) is 2.35. The molecule has 0 radical (unpaired) electrons. The Morgan fingerprint density at radius 3 is 2.26 bits per heavy atom. The highest BCUT2D eigenvalue weighted by Crippen LogP contribution is 2.15. The van der Waals surface area contributed by atoms with E-state index < -0.39 is 0 Å². The molecule has 4 heteroatoms. The van der Waals surface area contributed by atoms with E-state index in [0.717, 1.165) is 32.4 Å². The Kier molecular flexibility index (Phi) is 9.02. The molecule has 0 unspecified atom stereocenters. The number of rotatable bonds is 10. The highest BCUT2D eigenvalue weighted by molar-refractivity contribution is 5.78. The van der Waals surface area contributed by atoms with E-state index in [2.05, 4.69) is 44.8 Å². The summed E-state index contributed by atoms with van der Waals surface area (Å²) in [5.74, 6) is 0.134. The maximum atomic E-state index is 12.0. The number of carbonyl (C=O) groups excluding carboxylic acids is 1. The summed E-state index contributed by atoms with van der Waals surface area (Å²) in [5, 5.41) is 3.10. The van der Waals surface area contributed by atoms with Gasteiger partial charge in [-0.2, -0.15) is 0 Å². The lowest BCUT2D eigenvalue weighted by Crippen LogP contribution is -2.46. The van der Waals surface area contributed by atoms with Gasteiger partial charge in [-0.25, -0.2) is 0 Å². The van der Waals surface area contributed by atoms with E-state index in [9.17, 15) is 4.79 Å². The van der Waals surface area contributed by atoms with Gasteiger partial charge in [0.2, 0.25) is 5.91 Å². The van der Waals surface area contributed by atoms with Crippen LogP contribution < -0.4 is 11.1 Å². The summed E-state index contributed by atoms with van der Waals surface area (Å²) in [6, 6.07) is 0.304. The van der Waals surface area contributed by atoms with Crippen molar-refractivity contribution in [2.24, 2.45) is 11.1 Å². The van der Waals surface area contributed by atoms with Crippen molar-refractivity contribution in [3.8, 4) is 0 Å². The van der Waals surface area contributed by atoms with Crippen LogP contribution in [0.4, 0.5) is 0 Å². The van der Waals surface area contributed by atoms with Crippen molar-refractivity contribution in [2.45, 2.75) is 59.9 Å². The number of hydrogen-bond donors (Lipinski definition) is 2. The van der Waals surface area contributed by atoms with Gasteiger partial charge in [0.1, 0.15) is 0 Å². The van der Waals surface area contributed by atoms with Crippen LogP contribution in [0, 0.1) is 5.41 Å². The standard InChI is InChI=1S/C15H33N3O/c1-6-9-18(12-15(4,5)11-16)10-14(19)17-13(7-2)8-3/h13H,6-12,16H2,1-5H3,(H,17,19). The quantitative estimate of drug-likeness (QED) is 0.639. The summed E-state index contributed by atoms with van der Waals surface area (Å²) in [5.41, 5.74) is 5.84. The number of carbonyl (C=O) groups is 1. The van der Waals surface area contributed by atoms with Crippen molar-refractivity contribution in [3.63, 3.8) is 0 Å². The summed E-state index contributed by atoms with van der Waals surface area (Å²) in [4.78, 5) is 14.3. The van der Waals surface area contributed by atoms with Crippen molar-refractivity contribution in [2.75, 3.05) is 26.2 Å². The molecule has 0 aromatic rings. The van der Waals surface area contributed by atoms with Crippen molar-refractivity contribution < 1.29 is 4.79 Å². The van der Waals surface area contributed by atoms with Crippen molar-refractivity contribution in [3.05, 3.63) is 0 Å². The van der Waals surface area contributed by atoms with Crippen LogP contribution in [0.3, 0.4) is 0 Å². The first-order chi connectivity index (χ1) is 8.88.